The molecule has 9 heteroatoms. The predicted octanol–water partition coefficient (Wildman–Crippen LogP) is 4.20. The molecule has 0 aliphatic heterocycles. The van der Waals surface area contributed by atoms with Crippen LogP contribution in [0.3, 0.4) is 0 Å². The largest absolute Gasteiger partial charge is 0.419 e. The lowest BCUT2D eigenvalue weighted by Crippen LogP contribution is -2.25. The number of carbonyl (C=O) groups excluding carboxylic acids is 1. The molecule has 0 unspecified atom stereocenters. The van der Waals surface area contributed by atoms with Gasteiger partial charge in [0.25, 0.3) is 5.56 Å². The summed E-state index contributed by atoms with van der Waals surface area (Å²) in [5.41, 5.74) is -0.756. The Kier molecular flexibility index (Phi) is 6.17. The van der Waals surface area contributed by atoms with Crippen molar-refractivity contribution in [3.05, 3.63) is 75.5 Å². The Labute approximate surface area is 174 Å². The lowest BCUT2D eigenvalue weighted by molar-refractivity contribution is -0.140. The SMILES string of the molecule is Cc1ccc2c(=O)n([C@H](C)CO)ccc2c1NC(=O)Cc1ccc(F)c(C(F)(F)F)c1. The van der Waals surface area contributed by atoms with Gasteiger partial charge in [0.2, 0.25) is 5.91 Å². The van der Waals surface area contributed by atoms with Gasteiger partial charge in [-0.15, -0.1) is 0 Å². The number of carbonyl (C=O) groups is 1. The van der Waals surface area contributed by atoms with Gasteiger partial charge in [-0.1, -0.05) is 12.1 Å². The Balaban J connectivity index is 1.93. The summed E-state index contributed by atoms with van der Waals surface area (Å²) in [4.78, 5) is 25.3. The van der Waals surface area contributed by atoms with E-state index in [4.69, 9.17) is 0 Å². The lowest BCUT2D eigenvalue weighted by Gasteiger charge is -2.16. The molecule has 0 aliphatic carbocycles. The second-order valence-electron chi connectivity index (χ2n) is 7.32. The summed E-state index contributed by atoms with van der Waals surface area (Å²) in [5, 5.41) is 12.8. The third kappa shape index (κ3) is 4.61. The van der Waals surface area contributed by atoms with Crippen LogP contribution in [0.1, 0.15) is 29.7 Å². The molecule has 2 N–H and O–H groups in total. The molecule has 2 aromatic carbocycles. The number of hydrogen-bond donors (Lipinski definition) is 2. The van der Waals surface area contributed by atoms with Crippen molar-refractivity contribution in [2.45, 2.75) is 32.5 Å². The van der Waals surface area contributed by atoms with Crippen LogP contribution in [0.4, 0.5) is 23.2 Å². The van der Waals surface area contributed by atoms with E-state index in [0.717, 1.165) is 6.07 Å². The second-order valence-corrected chi connectivity index (χ2v) is 7.32. The molecule has 1 heterocycles. The maximum absolute atomic E-state index is 13.5. The lowest BCUT2D eigenvalue weighted by atomic mass is 10.0. The zero-order valence-corrected chi connectivity index (χ0v) is 16.8. The average Bonchev–Trinajstić information content (AvgIpc) is 2.70. The number of benzene rings is 2. The number of aliphatic hydroxyl groups excluding tert-OH is 1. The van der Waals surface area contributed by atoms with Crippen LogP contribution >= 0.6 is 0 Å². The van der Waals surface area contributed by atoms with E-state index in [1.165, 1.54) is 10.8 Å². The van der Waals surface area contributed by atoms with Gasteiger partial charge in [-0.05, 0) is 49.2 Å². The molecule has 164 valence electrons. The van der Waals surface area contributed by atoms with Gasteiger partial charge in [-0.2, -0.15) is 13.2 Å². The molecule has 5 nitrogen and oxygen atoms in total. The number of rotatable bonds is 5. The standard InChI is InChI=1S/C22H20F4N2O3/c1-12-3-5-16-15(7-8-28(21(16)31)13(2)11-29)20(12)27-19(30)10-14-4-6-18(23)17(9-14)22(24,25)26/h3-9,13,29H,10-11H2,1-2H3,(H,27,30)/t13-/m1/s1. The van der Waals surface area contributed by atoms with Crippen molar-refractivity contribution < 1.29 is 27.5 Å². The average molecular weight is 436 g/mol. The van der Waals surface area contributed by atoms with Gasteiger partial charge in [0.15, 0.2) is 0 Å². The zero-order valence-electron chi connectivity index (χ0n) is 16.8. The normalized spacial score (nSPS) is 12.7. The van der Waals surface area contributed by atoms with Gasteiger partial charge in [0.1, 0.15) is 5.82 Å². The van der Waals surface area contributed by atoms with Crippen molar-refractivity contribution in [3.63, 3.8) is 0 Å². The fourth-order valence-corrected chi connectivity index (χ4v) is 3.32. The molecule has 1 amide bonds. The number of aryl methyl sites for hydroxylation is 1. The molecule has 0 fully saturated rings. The second kappa shape index (κ2) is 8.50. The van der Waals surface area contributed by atoms with Crippen LogP contribution in [0.15, 0.2) is 47.4 Å². The number of aliphatic hydroxyl groups is 1. The maximum atomic E-state index is 13.5. The quantitative estimate of drug-likeness (QED) is 0.589. The number of amides is 1. The van der Waals surface area contributed by atoms with Crippen molar-refractivity contribution in [1.29, 1.82) is 0 Å². The number of pyridine rings is 1. The van der Waals surface area contributed by atoms with Gasteiger partial charge in [0.05, 0.1) is 30.3 Å². The summed E-state index contributed by atoms with van der Waals surface area (Å²) >= 11 is 0. The highest BCUT2D eigenvalue weighted by Gasteiger charge is 2.34. The third-order valence-corrected chi connectivity index (χ3v) is 5.02. The van der Waals surface area contributed by atoms with Gasteiger partial charge in [0, 0.05) is 17.0 Å². The zero-order chi connectivity index (χ0) is 22.9. The molecular weight excluding hydrogens is 416 g/mol. The molecule has 3 aromatic rings. The Morgan fingerprint density at radius 1 is 1.16 bits per heavy atom. The number of nitrogens with one attached hydrogen (secondary N) is 1. The van der Waals surface area contributed by atoms with Crippen LogP contribution < -0.4 is 10.9 Å². The van der Waals surface area contributed by atoms with Gasteiger partial charge in [-0.3, -0.25) is 9.59 Å². The number of nitrogens with zero attached hydrogens (tertiary/aromatic N) is 1. The summed E-state index contributed by atoms with van der Waals surface area (Å²) in [7, 11) is 0. The molecule has 0 radical (unpaired) electrons. The Morgan fingerprint density at radius 2 is 1.87 bits per heavy atom. The predicted molar refractivity (Wildman–Crippen MR) is 108 cm³/mol. The molecule has 1 aromatic heterocycles. The number of aromatic nitrogens is 1. The minimum Gasteiger partial charge on any atom is -0.394 e. The van der Waals surface area contributed by atoms with Crippen LogP contribution in [0.25, 0.3) is 10.8 Å². The Hall–Kier alpha value is -3.20. The molecule has 3 rings (SSSR count). The Morgan fingerprint density at radius 3 is 2.52 bits per heavy atom. The van der Waals surface area contributed by atoms with Gasteiger partial charge in [-0.25, -0.2) is 4.39 Å². The van der Waals surface area contributed by atoms with E-state index in [2.05, 4.69) is 5.32 Å². The highest BCUT2D eigenvalue weighted by molar-refractivity contribution is 6.03. The van der Waals surface area contributed by atoms with Crippen LogP contribution in [0.2, 0.25) is 0 Å². The molecule has 0 spiro atoms. The fraction of sp³-hybridized carbons (Fsp3) is 0.273. The van der Waals surface area contributed by atoms with Crippen molar-refractivity contribution in [2.75, 3.05) is 11.9 Å². The highest BCUT2D eigenvalue weighted by atomic mass is 19.4. The first-order valence-electron chi connectivity index (χ1n) is 9.43. The summed E-state index contributed by atoms with van der Waals surface area (Å²) in [6.45, 7) is 3.18. The molecule has 1 atom stereocenters. The minimum atomic E-state index is -4.87. The van der Waals surface area contributed by atoms with Gasteiger partial charge >= 0.3 is 6.18 Å². The minimum absolute atomic E-state index is 0.00300. The first-order chi connectivity index (χ1) is 14.5. The number of hydrogen-bond acceptors (Lipinski definition) is 3. The molecule has 0 saturated carbocycles. The van der Waals surface area contributed by atoms with Crippen LogP contribution in [-0.4, -0.2) is 22.2 Å². The van der Waals surface area contributed by atoms with Crippen molar-refractivity contribution >= 4 is 22.4 Å². The first kappa shape index (κ1) is 22.5. The molecule has 31 heavy (non-hydrogen) atoms. The number of halogens is 4. The fourth-order valence-electron chi connectivity index (χ4n) is 3.32. The molecule has 0 aliphatic rings. The summed E-state index contributed by atoms with van der Waals surface area (Å²) in [6, 6.07) is 6.86. The van der Waals surface area contributed by atoms with Crippen molar-refractivity contribution in [2.24, 2.45) is 0 Å². The van der Waals surface area contributed by atoms with Crippen LogP contribution in [-0.2, 0) is 17.4 Å². The van der Waals surface area contributed by atoms with E-state index < -0.39 is 35.9 Å². The van der Waals surface area contributed by atoms with Gasteiger partial charge < -0.3 is 15.0 Å². The van der Waals surface area contributed by atoms with Crippen LogP contribution in [0, 0.1) is 12.7 Å². The van der Waals surface area contributed by atoms with Crippen molar-refractivity contribution in [1.82, 2.24) is 4.57 Å². The smallest absolute Gasteiger partial charge is 0.394 e. The van der Waals surface area contributed by atoms with E-state index in [1.54, 1.807) is 32.0 Å². The van der Waals surface area contributed by atoms with Crippen LogP contribution in [0.5, 0.6) is 0 Å². The molecule has 0 bridgehead atoms. The third-order valence-electron chi connectivity index (χ3n) is 5.02. The van der Waals surface area contributed by atoms with Crippen molar-refractivity contribution in [3.8, 4) is 0 Å². The van der Waals surface area contributed by atoms with E-state index in [9.17, 15) is 32.3 Å². The van der Waals surface area contributed by atoms with E-state index in [-0.39, 0.29) is 17.7 Å². The molecule has 0 saturated heterocycles. The topological polar surface area (TPSA) is 71.3 Å². The highest BCUT2D eigenvalue weighted by Crippen LogP contribution is 2.32. The molecular formula is C22H20F4N2O3. The number of anilines is 1. The van der Waals surface area contributed by atoms with E-state index in [0.29, 0.717) is 34.2 Å². The maximum Gasteiger partial charge on any atom is 0.419 e. The summed E-state index contributed by atoms with van der Waals surface area (Å²) < 4.78 is 53.6. The Bertz CT molecular complexity index is 1200. The monoisotopic (exact) mass is 436 g/mol. The van der Waals surface area contributed by atoms with E-state index >= 15 is 0 Å². The number of fused-ring (bicyclic) bond motifs is 1. The summed E-state index contributed by atoms with van der Waals surface area (Å²) in [5.74, 6) is -2.02. The van der Waals surface area contributed by atoms with E-state index in [1.807, 2.05) is 0 Å². The number of alkyl halides is 3. The first-order valence-corrected chi connectivity index (χ1v) is 9.43. The summed E-state index contributed by atoms with van der Waals surface area (Å²) in [6.07, 6.45) is -3.76.